The first-order valence-corrected chi connectivity index (χ1v) is 7.31. The van der Waals surface area contributed by atoms with Crippen molar-refractivity contribution in [2.75, 3.05) is 7.11 Å². The number of amides is 1. The molecule has 0 aliphatic heterocycles. The Balaban J connectivity index is 2.10. The van der Waals surface area contributed by atoms with Crippen LogP contribution in [0.3, 0.4) is 0 Å². The zero-order valence-electron chi connectivity index (χ0n) is 12.4. The number of hydrogen-bond acceptors (Lipinski definition) is 3. The summed E-state index contributed by atoms with van der Waals surface area (Å²) in [6.07, 6.45) is 0. The van der Waals surface area contributed by atoms with Gasteiger partial charge in [0.15, 0.2) is 0 Å². The number of carbonyl (C=O) groups excluding carboxylic acids is 1. The van der Waals surface area contributed by atoms with Crippen molar-refractivity contribution in [1.82, 2.24) is 15.3 Å². The molecule has 0 aliphatic rings. The Morgan fingerprint density at radius 1 is 1.13 bits per heavy atom. The van der Waals surface area contributed by atoms with Crippen LogP contribution in [0, 0.1) is 0 Å². The van der Waals surface area contributed by atoms with Crippen LogP contribution in [0.4, 0.5) is 0 Å². The lowest BCUT2D eigenvalue weighted by Gasteiger charge is -2.06. The molecule has 1 N–H and O–H groups in total. The van der Waals surface area contributed by atoms with E-state index >= 15 is 0 Å². The van der Waals surface area contributed by atoms with Crippen molar-refractivity contribution >= 4 is 17.5 Å². The fourth-order valence-electron chi connectivity index (χ4n) is 2.22. The molecule has 1 amide bonds. The van der Waals surface area contributed by atoms with Crippen molar-refractivity contribution in [1.29, 1.82) is 0 Å². The van der Waals surface area contributed by atoms with Crippen LogP contribution < -0.4 is 5.48 Å². The van der Waals surface area contributed by atoms with E-state index in [0.29, 0.717) is 16.4 Å². The Morgan fingerprint density at radius 3 is 2.48 bits per heavy atom. The van der Waals surface area contributed by atoms with Crippen LogP contribution in [-0.2, 0) is 4.84 Å². The van der Waals surface area contributed by atoms with Crippen LogP contribution in [-0.4, -0.2) is 22.8 Å². The lowest BCUT2D eigenvalue weighted by atomic mass is 10.1. The SMILES string of the molecule is CONC(=O)c1cc(-c2ccc(Cl)cc2)nn1-c1ccccc1. The second kappa shape index (κ2) is 6.64. The lowest BCUT2D eigenvalue weighted by Crippen LogP contribution is -2.24. The third-order valence-corrected chi connectivity index (χ3v) is 3.53. The van der Waals surface area contributed by atoms with Crippen LogP contribution in [0.15, 0.2) is 60.7 Å². The van der Waals surface area contributed by atoms with E-state index in [1.807, 2.05) is 42.5 Å². The summed E-state index contributed by atoms with van der Waals surface area (Å²) in [6, 6.07) is 18.4. The molecule has 0 radical (unpaired) electrons. The number of hydrogen-bond donors (Lipinski definition) is 1. The van der Waals surface area contributed by atoms with E-state index < -0.39 is 0 Å². The second-order valence-corrected chi connectivity index (χ2v) is 5.24. The van der Waals surface area contributed by atoms with Gasteiger partial charge in [0.1, 0.15) is 5.69 Å². The Kier molecular flexibility index (Phi) is 4.41. The Hall–Kier alpha value is -2.63. The maximum atomic E-state index is 12.2. The van der Waals surface area contributed by atoms with Gasteiger partial charge in [-0.2, -0.15) is 5.10 Å². The minimum Gasteiger partial charge on any atom is -0.277 e. The fourth-order valence-corrected chi connectivity index (χ4v) is 2.34. The Bertz CT molecular complexity index is 814. The van der Waals surface area contributed by atoms with E-state index in [1.165, 1.54) is 7.11 Å². The minimum atomic E-state index is -0.371. The highest BCUT2D eigenvalue weighted by molar-refractivity contribution is 6.30. The van der Waals surface area contributed by atoms with Crippen LogP contribution in [0.2, 0.25) is 5.02 Å². The quantitative estimate of drug-likeness (QED) is 0.746. The molecule has 3 rings (SSSR count). The van der Waals surface area contributed by atoms with E-state index in [0.717, 1.165) is 11.3 Å². The van der Waals surface area contributed by atoms with E-state index in [4.69, 9.17) is 16.4 Å². The smallest absolute Gasteiger partial charge is 0.277 e. The molecule has 0 saturated heterocycles. The number of hydroxylamine groups is 1. The predicted molar refractivity (Wildman–Crippen MR) is 88.5 cm³/mol. The number of nitrogens with zero attached hydrogens (tertiary/aromatic N) is 2. The molecule has 0 saturated carbocycles. The topological polar surface area (TPSA) is 56.1 Å². The first kappa shape index (κ1) is 15.3. The van der Waals surface area contributed by atoms with Gasteiger partial charge in [0, 0.05) is 10.6 Å². The molecule has 116 valence electrons. The molecule has 0 unspecified atom stereocenters. The maximum absolute atomic E-state index is 12.2. The molecule has 23 heavy (non-hydrogen) atoms. The summed E-state index contributed by atoms with van der Waals surface area (Å²) in [6.45, 7) is 0. The standard InChI is InChI=1S/C17H14ClN3O2/c1-23-20-17(22)16-11-15(12-7-9-13(18)10-8-12)19-21(16)14-5-3-2-4-6-14/h2-11H,1H3,(H,20,22). The predicted octanol–water partition coefficient (Wildman–Crippen LogP) is 3.48. The highest BCUT2D eigenvalue weighted by Gasteiger charge is 2.17. The second-order valence-electron chi connectivity index (χ2n) is 4.80. The summed E-state index contributed by atoms with van der Waals surface area (Å²) in [4.78, 5) is 16.9. The molecule has 0 aliphatic carbocycles. The largest absolute Gasteiger partial charge is 0.293 e. The van der Waals surface area contributed by atoms with Gasteiger partial charge in [0.25, 0.3) is 5.91 Å². The highest BCUT2D eigenvalue weighted by atomic mass is 35.5. The molecular formula is C17H14ClN3O2. The molecule has 0 atom stereocenters. The van der Waals surface area contributed by atoms with Crippen molar-refractivity contribution in [3.8, 4) is 16.9 Å². The van der Waals surface area contributed by atoms with Gasteiger partial charge in [0.05, 0.1) is 18.5 Å². The minimum absolute atomic E-state index is 0.371. The van der Waals surface area contributed by atoms with Crippen LogP contribution in [0.1, 0.15) is 10.5 Å². The molecule has 2 aromatic carbocycles. The molecule has 5 nitrogen and oxygen atoms in total. The number of rotatable bonds is 4. The summed E-state index contributed by atoms with van der Waals surface area (Å²) in [5, 5.41) is 5.19. The number of benzene rings is 2. The molecule has 0 fully saturated rings. The highest BCUT2D eigenvalue weighted by Crippen LogP contribution is 2.23. The van der Waals surface area contributed by atoms with Crippen molar-refractivity contribution < 1.29 is 9.63 Å². The van der Waals surface area contributed by atoms with E-state index in [9.17, 15) is 4.79 Å². The summed E-state index contributed by atoms with van der Waals surface area (Å²) in [5.74, 6) is -0.371. The first-order valence-electron chi connectivity index (χ1n) is 6.94. The summed E-state index contributed by atoms with van der Waals surface area (Å²) in [7, 11) is 1.39. The maximum Gasteiger partial charge on any atom is 0.293 e. The van der Waals surface area contributed by atoms with Crippen LogP contribution in [0.25, 0.3) is 16.9 Å². The van der Waals surface area contributed by atoms with Gasteiger partial charge in [-0.15, -0.1) is 0 Å². The van der Waals surface area contributed by atoms with Gasteiger partial charge in [0.2, 0.25) is 0 Å². The molecule has 0 bridgehead atoms. The van der Waals surface area contributed by atoms with Gasteiger partial charge in [-0.3, -0.25) is 9.63 Å². The fraction of sp³-hybridized carbons (Fsp3) is 0.0588. The zero-order valence-corrected chi connectivity index (χ0v) is 13.1. The number of para-hydroxylation sites is 1. The van der Waals surface area contributed by atoms with Crippen molar-refractivity contribution in [2.45, 2.75) is 0 Å². The Labute approximate surface area is 138 Å². The third kappa shape index (κ3) is 3.26. The first-order chi connectivity index (χ1) is 11.2. The molecule has 1 aromatic heterocycles. The molecule has 3 aromatic rings. The number of halogens is 1. The summed E-state index contributed by atoms with van der Waals surface area (Å²) < 4.78 is 1.58. The van der Waals surface area contributed by atoms with Crippen molar-refractivity contribution in [2.24, 2.45) is 0 Å². The summed E-state index contributed by atoms with van der Waals surface area (Å²) >= 11 is 5.92. The van der Waals surface area contributed by atoms with Crippen molar-refractivity contribution in [3.63, 3.8) is 0 Å². The zero-order chi connectivity index (χ0) is 16.2. The molecule has 0 spiro atoms. The molecule has 1 heterocycles. The normalized spacial score (nSPS) is 10.5. The van der Waals surface area contributed by atoms with Gasteiger partial charge < -0.3 is 0 Å². The van der Waals surface area contributed by atoms with Crippen LogP contribution >= 0.6 is 11.6 Å². The average Bonchev–Trinajstić information content (AvgIpc) is 3.02. The van der Waals surface area contributed by atoms with E-state index in [2.05, 4.69) is 10.6 Å². The van der Waals surface area contributed by atoms with E-state index in [-0.39, 0.29) is 5.91 Å². The van der Waals surface area contributed by atoms with Gasteiger partial charge >= 0.3 is 0 Å². The molecular weight excluding hydrogens is 314 g/mol. The number of nitrogens with one attached hydrogen (secondary N) is 1. The van der Waals surface area contributed by atoms with Gasteiger partial charge in [-0.25, -0.2) is 10.2 Å². The van der Waals surface area contributed by atoms with Gasteiger partial charge in [-0.1, -0.05) is 41.9 Å². The average molecular weight is 328 g/mol. The molecule has 6 heteroatoms. The van der Waals surface area contributed by atoms with Gasteiger partial charge in [-0.05, 0) is 30.3 Å². The summed E-state index contributed by atoms with van der Waals surface area (Å²) in [5.41, 5.74) is 5.03. The van der Waals surface area contributed by atoms with Crippen molar-refractivity contribution in [3.05, 3.63) is 71.4 Å². The monoisotopic (exact) mass is 327 g/mol. The Morgan fingerprint density at radius 2 is 1.83 bits per heavy atom. The number of aromatic nitrogens is 2. The third-order valence-electron chi connectivity index (χ3n) is 3.28. The van der Waals surface area contributed by atoms with E-state index in [1.54, 1.807) is 22.9 Å². The number of carbonyl (C=O) groups is 1. The lowest BCUT2D eigenvalue weighted by molar-refractivity contribution is 0.0529. The van der Waals surface area contributed by atoms with Crippen LogP contribution in [0.5, 0.6) is 0 Å².